The van der Waals surface area contributed by atoms with Crippen LogP contribution in [0.15, 0.2) is 23.8 Å². The third-order valence-corrected chi connectivity index (χ3v) is 3.17. The number of aromatic nitrogens is 3. The van der Waals surface area contributed by atoms with E-state index in [1.165, 1.54) is 4.88 Å². The van der Waals surface area contributed by atoms with Crippen LogP contribution in [0.5, 0.6) is 0 Å². The first kappa shape index (κ1) is 11.3. The molecule has 2 aromatic rings. The molecule has 86 valence electrons. The summed E-state index contributed by atoms with van der Waals surface area (Å²) in [4.78, 5) is 5.60. The average Bonchev–Trinajstić information content (AvgIpc) is 2.91. The molecule has 2 rings (SSSR count). The summed E-state index contributed by atoms with van der Waals surface area (Å²) in [5.41, 5.74) is 0. The van der Waals surface area contributed by atoms with Crippen molar-refractivity contribution in [3.63, 3.8) is 0 Å². The molecular formula is C11H16N4S. The van der Waals surface area contributed by atoms with E-state index in [-0.39, 0.29) is 0 Å². The Labute approximate surface area is 99.3 Å². The Morgan fingerprint density at radius 1 is 1.44 bits per heavy atom. The molecule has 0 aliphatic heterocycles. The minimum absolute atomic E-state index is 0.776. The predicted molar refractivity (Wildman–Crippen MR) is 65.2 cm³/mol. The molecule has 0 bridgehead atoms. The summed E-state index contributed by atoms with van der Waals surface area (Å²) in [5.74, 6) is 1.01. The zero-order chi connectivity index (χ0) is 11.2. The summed E-state index contributed by atoms with van der Waals surface area (Å²) < 4.78 is 1.96. The molecule has 4 nitrogen and oxygen atoms in total. The lowest BCUT2D eigenvalue weighted by Crippen LogP contribution is -2.16. The molecule has 0 atom stereocenters. The van der Waals surface area contributed by atoms with E-state index in [0.717, 1.165) is 31.9 Å². The summed E-state index contributed by atoms with van der Waals surface area (Å²) in [7, 11) is 0. The Morgan fingerprint density at radius 2 is 2.38 bits per heavy atom. The molecular weight excluding hydrogens is 220 g/mol. The fourth-order valence-corrected chi connectivity index (χ4v) is 2.21. The molecule has 2 aromatic heterocycles. The second-order valence-corrected chi connectivity index (χ2v) is 4.61. The van der Waals surface area contributed by atoms with Crippen molar-refractivity contribution >= 4 is 11.3 Å². The molecule has 0 aliphatic carbocycles. The quantitative estimate of drug-likeness (QED) is 0.834. The first-order chi connectivity index (χ1) is 7.90. The molecule has 2 heterocycles. The lowest BCUT2D eigenvalue weighted by molar-refractivity contribution is 0.543. The summed E-state index contributed by atoms with van der Waals surface area (Å²) in [5, 5.41) is 9.66. The summed E-state index contributed by atoms with van der Waals surface area (Å²) in [6.45, 7) is 4.76. The van der Waals surface area contributed by atoms with E-state index in [1.807, 2.05) is 4.68 Å². The predicted octanol–water partition coefficient (Wildman–Crippen LogP) is 2.04. The monoisotopic (exact) mass is 236 g/mol. The van der Waals surface area contributed by atoms with E-state index >= 15 is 0 Å². The third kappa shape index (κ3) is 2.90. The van der Waals surface area contributed by atoms with Gasteiger partial charge in [0.25, 0.3) is 0 Å². The highest BCUT2D eigenvalue weighted by Crippen LogP contribution is 2.07. The highest BCUT2D eigenvalue weighted by Gasteiger charge is 2.02. The van der Waals surface area contributed by atoms with Crippen LogP contribution in [-0.2, 0) is 19.6 Å². The third-order valence-electron chi connectivity index (χ3n) is 2.29. The van der Waals surface area contributed by atoms with Crippen LogP contribution >= 0.6 is 11.3 Å². The zero-order valence-corrected chi connectivity index (χ0v) is 10.2. The molecule has 0 aliphatic rings. The van der Waals surface area contributed by atoms with E-state index in [2.05, 4.69) is 39.8 Å². The number of hydrogen-bond acceptors (Lipinski definition) is 4. The van der Waals surface area contributed by atoms with Gasteiger partial charge in [-0.05, 0) is 17.9 Å². The first-order valence-electron chi connectivity index (χ1n) is 5.50. The van der Waals surface area contributed by atoms with Gasteiger partial charge in [0.05, 0.1) is 6.54 Å². The molecule has 0 spiro atoms. The standard InChI is InChI=1S/C11H16N4S/c1-2-5-15-11(13-9-14-15)8-12-7-10-4-3-6-16-10/h3-4,6,9,12H,2,5,7-8H2,1H3. The van der Waals surface area contributed by atoms with Crippen LogP contribution in [0.3, 0.4) is 0 Å². The van der Waals surface area contributed by atoms with Gasteiger partial charge < -0.3 is 5.32 Å². The molecule has 0 radical (unpaired) electrons. The first-order valence-corrected chi connectivity index (χ1v) is 6.38. The topological polar surface area (TPSA) is 42.7 Å². The van der Waals surface area contributed by atoms with Gasteiger partial charge in [-0.1, -0.05) is 13.0 Å². The molecule has 0 saturated carbocycles. The van der Waals surface area contributed by atoms with Crippen molar-refractivity contribution in [1.82, 2.24) is 20.1 Å². The minimum Gasteiger partial charge on any atom is -0.305 e. The molecule has 16 heavy (non-hydrogen) atoms. The van der Waals surface area contributed by atoms with Gasteiger partial charge in [0, 0.05) is 18.0 Å². The second kappa shape index (κ2) is 5.77. The Bertz CT molecular complexity index is 407. The number of nitrogens with zero attached hydrogens (tertiary/aromatic N) is 3. The van der Waals surface area contributed by atoms with E-state index in [0.29, 0.717) is 0 Å². The lowest BCUT2D eigenvalue weighted by atomic mass is 10.4. The molecule has 0 amide bonds. The van der Waals surface area contributed by atoms with Gasteiger partial charge in [-0.3, -0.25) is 0 Å². The van der Waals surface area contributed by atoms with E-state index in [1.54, 1.807) is 17.7 Å². The maximum Gasteiger partial charge on any atom is 0.140 e. The van der Waals surface area contributed by atoms with Gasteiger partial charge in [-0.2, -0.15) is 5.10 Å². The van der Waals surface area contributed by atoms with Crippen molar-refractivity contribution in [3.05, 3.63) is 34.5 Å². The van der Waals surface area contributed by atoms with Crippen LogP contribution in [0.1, 0.15) is 24.0 Å². The Morgan fingerprint density at radius 3 is 3.12 bits per heavy atom. The van der Waals surface area contributed by atoms with Gasteiger partial charge in [0.2, 0.25) is 0 Å². The van der Waals surface area contributed by atoms with Crippen LogP contribution in [0.25, 0.3) is 0 Å². The fourth-order valence-electron chi connectivity index (χ4n) is 1.53. The van der Waals surface area contributed by atoms with Crippen molar-refractivity contribution in [3.8, 4) is 0 Å². The van der Waals surface area contributed by atoms with Crippen molar-refractivity contribution in [2.75, 3.05) is 0 Å². The summed E-state index contributed by atoms with van der Waals surface area (Å²) in [6, 6.07) is 4.20. The van der Waals surface area contributed by atoms with Crippen molar-refractivity contribution in [1.29, 1.82) is 0 Å². The van der Waals surface area contributed by atoms with Gasteiger partial charge in [0.1, 0.15) is 12.2 Å². The molecule has 0 saturated heterocycles. The molecule has 5 heteroatoms. The van der Waals surface area contributed by atoms with E-state index < -0.39 is 0 Å². The number of aryl methyl sites for hydroxylation is 1. The average molecular weight is 236 g/mol. The number of hydrogen-bond donors (Lipinski definition) is 1. The Kier molecular flexibility index (Phi) is 4.07. The molecule has 0 unspecified atom stereocenters. The Hall–Kier alpha value is -1.20. The molecule has 0 aromatic carbocycles. The second-order valence-electron chi connectivity index (χ2n) is 3.58. The number of nitrogens with one attached hydrogen (secondary N) is 1. The minimum atomic E-state index is 0.776. The van der Waals surface area contributed by atoms with Gasteiger partial charge in [-0.25, -0.2) is 9.67 Å². The highest BCUT2D eigenvalue weighted by molar-refractivity contribution is 7.09. The van der Waals surface area contributed by atoms with E-state index in [9.17, 15) is 0 Å². The summed E-state index contributed by atoms with van der Waals surface area (Å²) >= 11 is 1.77. The smallest absolute Gasteiger partial charge is 0.140 e. The zero-order valence-electron chi connectivity index (χ0n) is 9.39. The van der Waals surface area contributed by atoms with Crippen molar-refractivity contribution < 1.29 is 0 Å². The van der Waals surface area contributed by atoms with E-state index in [4.69, 9.17) is 0 Å². The van der Waals surface area contributed by atoms with Crippen LogP contribution in [-0.4, -0.2) is 14.8 Å². The largest absolute Gasteiger partial charge is 0.305 e. The SMILES string of the molecule is CCCn1ncnc1CNCc1cccs1. The number of rotatable bonds is 6. The maximum atomic E-state index is 4.25. The fraction of sp³-hybridized carbons (Fsp3) is 0.455. The van der Waals surface area contributed by atoms with Gasteiger partial charge in [0.15, 0.2) is 0 Å². The summed E-state index contributed by atoms with van der Waals surface area (Å²) in [6.07, 6.45) is 2.71. The van der Waals surface area contributed by atoms with Crippen molar-refractivity contribution in [2.45, 2.75) is 33.0 Å². The van der Waals surface area contributed by atoms with Crippen LogP contribution in [0.4, 0.5) is 0 Å². The van der Waals surface area contributed by atoms with Gasteiger partial charge >= 0.3 is 0 Å². The number of thiophene rings is 1. The molecule has 1 N–H and O–H groups in total. The maximum absolute atomic E-state index is 4.25. The van der Waals surface area contributed by atoms with Gasteiger partial charge in [-0.15, -0.1) is 11.3 Å². The lowest BCUT2D eigenvalue weighted by Gasteiger charge is -2.05. The molecule has 0 fully saturated rings. The van der Waals surface area contributed by atoms with Crippen molar-refractivity contribution in [2.24, 2.45) is 0 Å². The highest BCUT2D eigenvalue weighted by atomic mass is 32.1. The van der Waals surface area contributed by atoms with Crippen LogP contribution < -0.4 is 5.32 Å². The Balaban J connectivity index is 1.82. The van der Waals surface area contributed by atoms with Crippen LogP contribution in [0.2, 0.25) is 0 Å². The normalized spacial score (nSPS) is 10.8. The van der Waals surface area contributed by atoms with Crippen LogP contribution in [0, 0.1) is 0 Å².